The highest BCUT2D eigenvalue weighted by Crippen LogP contribution is 2.31. The van der Waals surface area contributed by atoms with Crippen LogP contribution in [0.4, 0.5) is 20.6 Å². The van der Waals surface area contributed by atoms with Gasteiger partial charge in [-0.1, -0.05) is 6.07 Å². The van der Waals surface area contributed by atoms with Crippen LogP contribution in [0.15, 0.2) is 36.4 Å². The van der Waals surface area contributed by atoms with Gasteiger partial charge in [-0.2, -0.15) is 0 Å². The summed E-state index contributed by atoms with van der Waals surface area (Å²) in [6.45, 7) is 0.914. The van der Waals surface area contributed by atoms with Gasteiger partial charge in [0.2, 0.25) is 0 Å². The minimum absolute atomic E-state index is 0.293. The van der Waals surface area contributed by atoms with Crippen molar-refractivity contribution < 1.29 is 13.9 Å². The Morgan fingerprint density at radius 2 is 2.17 bits per heavy atom. The summed E-state index contributed by atoms with van der Waals surface area (Å²) in [4.78, 5) is 13.0. The molecule has 0 atom stereocenters. The number of halogens is 1. The lowest BCUT2D eigenvalue weighted by molar-refractivity contribution is 0.254. The lowest BCUT2D eigenvalue weighted by Gasteiger charge is -2.15. The molecule has 23 heavy (non-hydrogen) atoms. The minimum atomic E-state index is -0.459. The first-order valence-electron chi connectivity index (χ1n) is 7.34. The van der Waals surface area contributed by atoms with Crippen molar-refractivity contribution in [2.75, 3.05) is 23.9 Å². The van der Waals surface area contributed by atoms with E-state index in [9.17, 15) is 9.18 Å². The third-order valence-corrected chi connectivity index (χ3v) is 3.98. The molecule has 120 valence electrons. The topological polar surface area (TPSA) is 67.6 Å². The molecule has 0 spiro atoms. The number of anilines is 2. The summed E-state index contributed by atoms with van der Waals surface area (Å²) in [6.07, 6.45) is 0.795. The SMILES string of the molecule is COc1ccc(F)c(CNc2ccc3c(c2)N(C(N)=O)CC3)c1. The van der Waals surface area contributed by atoms with Crippen LogP contribution >= 0.6 is 0 Å². The van der Waals surface area contributed by atoms with E-state index in [1.54, 1.807) is 24.1 Å². The van der Waals surface area contributed by atoms with Gasteiger partial charge in [-0.15, -0.1) is 0 Å². The lowest BCUT2D eigenvalue weighted by atomic mass is 10.1. The summed E-state index contributed by atoms with van der Waals surface area (Å²) in [5.41, 5.74) is 8.60. The monoisotopic (exact) mass is 315 g/mol. The zero-order valence-electron chi connectivity index (χ0n) is 12.8. The van der Waals surface area contributed by atoms with Crippen molar-refractivity contribution in [1.29, 1.82) is 0 Å². The number of primary amides is 1. The molecule has 0 aliphatic carbocycles. The Balaban J connectivity index is 1.77. The molecular formula is C17H18FN3O2. The Kier molecular flexibility index (Phi) is 4.06. The molecule has 0 aromatic heterocycles. The van der Waals surface area contributed by atoms with Gasteiger partial charge in [0, 0.05) is 24.3 Å². The number of nitrogens with zero attached hydrogens (tertiary/aromatic N) is 1. The summed E-state index contributed by atoms with van der Waals surface area (Å²) < 4.78 is 18.9. The van der Waals surface area contributed by atoms with Crippen molar-refractivity contribution in [1.82, 2.24) is 0 Å². The highest BCUT2D eigenvalue weighted by Gasteiger charge is 2.22. The Morgan fingerprint density at radius 3 is 2.91 bits per heavy atom. The highest BCUT2D eigenvalue weighted by atomic mass is 19.1. The van der Waals surface area contributed by atoms with Crippen molar-refractivity contribution in [3.05, 3.63) is 53.3 Å². The molecule has 2 aromatic carbocycles. The number of rotatable bonds is 4. The number of amides is 2. The molecule has 0 bridgehead atoms. The number of ether oxygens (including phenoxy) is 1. The second kappa shape index (κ2) is 6.16. The molecule has 0 radical (unpaired) electrons. The number of carbonyl (C=O) groups excluding carboxylic acids is 1. The minimum Gasteiger partial charge on any atom is -0.497 e. The van der Waals surface area contributed by atoms with E-state index < -0.39 is 6.03 Å². The number of urea groups is 1. The van der Waals surface area contributed by atoms with Gasteiger partial charge in [0.25, 0.3) is 0 Å². The lowest BCUT2D eigenvalue weighted by Crippen LogP contribution is -2.33. The first kappa shape index (κ1) is 15.1. The largest absolute Gasteiger partial charge is 0.497 e. The van der Waals surface area contributed by atoms with Crippen LogP contribution < -0.4 is 20.7 Å². The van der Waals surface area contributed by atoms with E-state index in [2.05, 4.69) is 5.32 Å². The van der Waals surface area contributed by atoms with Crippen molar-refractivity contribution in [3.8, 4) is 5.75 Å². The van der Waals surface area contributed by atoms with E-state index in [0.29, 0.717) is 24.4 Å². The van der Waals surface area contributed by atoms with Crippen molar-refractivity contribution >= 4 is 17.4 Å². The predicted molar refractivity (Wildman–Crippen MR) is 87.4 cm³/mol. The average Bonchev–Trinajstić information content (AvgIpc) is 2.97. The summed E-state index contributed by atoms with van der Waals surface area (Å²) in [5.74, 6) is 0.315. The molecule has 1 aliphatic rings. The van der Waals surface area contributed by atoms with E-state index >= 15 is 0 Å². The number of nitrogens with one attached hydrogen (secondary N) is 1. The number of methoxy groups -OCH3 is 1. The first-order chi connectivity index (χ1) is 11.1. The van der Waals surface area contributed by atoms with E-state index in [-0.39, 0.29) is 5.82 Å². The number of benzene rings is 2. The molecule has 0 fully saturated rings. The fourth-order valence-corrected chi connectivity index (χ4v) is 2.73. The van der Waals surface area contributed by atoms with Gasteiger partial charge >= 0.3 is 6.03 Å². The smallest absolute Gasteiger partial charge is 0.319 e. The van der Waals surface area contributed by atoms with E-state index in [4.69, 9.17) is 10.5 Å². The van der Waals surface area contributed by atoms with Crippen LogP contribution in [0, 0.1) is 5.82 Å². The molecular weight excluding hydrogens is 297 g/mol. The van der Waals surface area contributed by atoms with Gasteiger partial charge in [0.05, 0.1) is 12.8 Å². The normalized spacial score (nSPS) is 12.9. The van der Waals surface area contributed by atoms with E-state index in [1.807, 2.05) is 18.2 Å². The molecule has 0 saturated carbocycles. The molecule has 0 saturated heterocycles. The number of fused-ring (bicyclic) bond motifs is 1. The molecule has 3 N–H and O–H groups in total. The quantitative estimate of drug-likeness (QED) is 0.911. The maximum atomic E-state index is 13.8. The summed E-state index contributed by atoms with van der Waals surface area (Å²) in [7, 11) is 1.55. The molecule has 5 nitrogen and oxygen atoms in total. The van der Waals surface area contributed by atoms with Gasteiger partial charge in [0.1, 0.15) is 11.6 Å². The number of nitrogens with two attached hydrogens (primary N) is 1. The van der Waals surface area contributed by atoms with Gasteiger partial charge in [0.15, 0.2) is 0 Å². The van der Waals surface area contributed by atoms with Crippen LogP contribution in [0.25, 0.3) is 0 Å². The average molecular weight is 315 g/mol. The van der Waals surface area contributed by atoms with Crippen LogP contribution in [0.2, 0.25) is 0 Å². The van der Waals surface area contributed by atoms with Crippen LogP contribution in [0.1, 0.15) is 11.1 Å². The molecule has 0 unspecified atom stereocenters. The van der Waals surface area contributed by atoms with Gasteiger partial charge in [-0.05, 0) is 42.3 Å². The molecule has 3 rings (SSSR count). The van der Waals surface area contributed by atoms with Gasteiger partial charge < -0.3 is 15.8 Å². The third-order valence-electron chi connectivity index (χ3n) is 3.98. The summed E-state index contributed by atoms with van der Waals surface area (Å²) in [5, 5.41) is 3.17. The zero-order valence-corrected chi connectivity index (χ0v) is 12.8. The number of hydrogen-bond donors (Lipinski definition) is 2. The number of hydrogen-bond acceptors (Lipinski definition) is 3. The maximum absolute atomic E-state index is 13.8. The Labute approximate surface area is 133 Å². The zero-order chi connectivity index (χ0) is 16.4. The first-order valence-corrected chi connectivity index (χ1v) is 7.34. The van der Waals surface area contributed by atoms with Gasteiger partial charge in [-0.3, -0.25) is 4.90 Å². The fraction of sp³-hybridized carbons (Fsp3) is 0.235. The Morgan fingerprint density at radius 1 is 1.35 bits per heavy atom. The third kappa shape index (κ3) is 3.06. The molecule has 1 aliphatic heterocycles. The molecule has 2 aromatic rings. The second-order valence-corrected chi connectivity index (χ2v) is 5.39. The fourth-order valence-electron chi connectivity index (χ4n) is 2.73. The second-order valence-electron chi connectivity index (χ2n) is 5.39. The molecule has 1 heterocycles. The van der Waals surface area contributed by atoms with Crippen LogP contribution in [0.3, 0.4) is 0 Å². The highest BCUT2D eigenvalue weighted by molar-refractivity contribution is 5.93. The predicted octanol–water partition coefficient (Wildman–Crippen LogP) is 2.89. The van der Waals surface area contributed by atoms with Crippen LogP contribution in [-0.2, 0) is 13.0 Å². The standard InChI is InChI=1S/C17H18FN3O2/c1-23-14-4-5-15(18)12(8-14)10-20-13-3-2-11-6-7-21(17(19)22)16(11)9-13/h2-5,8-9,20H,6-7,10H2,1H3,(H2,19,22). The van der Waals surface area contributed by atoms with E-state index in [0.717, 1.165) is 23.4 Å². The maximum Gasteiger partial charge on any atom is 0.319 e. The molecule has 6 heteroatoms. The van der Waals surface area contributed by atoms with Crippen molar-refractivity contribution in [2.45, 2.75) is 13.0 Å². The van der Waals surface area contributed by atoms with Gasteiger partial charge in [-0.25, -0.2) is 9.18 Å². The van der Waals surface area contributed by atoms with Crippen molar-refractivity contribution in [2.24, 2.45) is 5.73 Å². The molecule has 2 amide bonds. The van der Waals surface area contributed by atoms with Crippen LogP contribution in [-0.4, -0.2) is 19.7 Å². The Bertz CT molecular complexity index is 749. The van der Waals surface area contributed by atoms with Crippen molar-refractivity contribution in [3.63, 3.8) is 0 Å². The van der Waals surface area contributed by atoms with E-state index in [1.165, 1.54) is 6.07 Å². The Hall–Kier alpha value is -2.76. The summed E-state index contributed by atoms with van der Waals surface area (Å²) >= 11 is 0. The number of carbonyl (C=O) groups is 1. The summed E-state index contributed by atoms with van der Waals surface area (Å²) in [6, 6.07) is 9.91. The van der Waals surface area contributed by atoms with Crippen LogP contribution in [0.5, 0.6) is 5.75 Å².